The van der Waals surface area contributed by atoms with Crippen molar-refractivity contribution in [3.8, 4) is 5.75 Å². The summed E-state index contributed by atoms with van der Waals surface area (Å²) in [5.74, 6) is 0.0985. The highest BCUT2D eigenvalue weighted by Gasteiger charge is 2.24. The van der Waals surface area contributed by atoms with Crippen molar-refractivity contribution >= 4 is 28.8 Å². The summed E-state index contributed by atoms with van der Waals surface area (Å²) in [4.78, 5) is 19.2. The van der Waals surface area contributed by atoms with E-state index in [-0.39, 0.29) is 23.5 Å². The normalized spacial score (nSPS) is 20.6. The number of ether oxygens (including phenoxy) is 2. The van der Waals surface area contributed by atoms with Gasteiger partial charge in [-0.15, -0.1) is 11.3 Å². The molecule has 2 unspecified atom stereocenters. The van der Waals surface area contributed by atoms with E-state index in [1.54, 1.807) is 18.2 Å². The summed E-state index contributed by atoms with van der Waals surface area (Å²) in [6.45, 7) is 9.25. The number of aromatic nitrogens is 1. The van der Waals surface area contributed by atoms with Crippen LogP contribution in [0.5, 0.6) is 5.75 Å². The van der Waals surface area contributed by atoms with Crippen LogP contribution >= 0.6 is 22.9 Å². The van der Waals surface area contributed by atoms with E-state index in [0.717, 1.165) is 12.8 Å². The number of benzene rings is 1. The predicted molar refractivity (Wildman–Crippen MR) is 112 cm³/mol. The maximum absolute atomic E-state index is 12.9. The maximum atomic E-state index is 12.9. The number of nitrogens with zero attached hydrogens (tertiary/aromatic N) is 2. The van der Waals surface area contributed by atoms with Crippen LogP contribution in [0.25, 0.3) is 0 Å². The van der Waals surface area contributed by atoms with Gasteiger partial charge < -0.3 is 14.0 Å². The molecule has 28 heavy (non-hydrogen) atoms. The molecule has 1 amide bonds. The van der Waals surface area contributed by atoms with E-state index in [1.807, 2.05) is 4.57 Å². The fraction of sp³-hybridized carbons (Fsp3) is 0.524. The van der Waals surface area contributed by atoms with E-state index in [9.17, 15) is 4.79 Å². The van der Waals surface area contributed by atoms with Crippen molar-refractivity contribution in [1.29, 1.82) is 0 Å². The number of hydrogen-bond acceptors (Lipinski definition) is 4. The van der Waals surface area contributed by atoms with Crippen LogP contribution in [0.2, 0.25) is 5.02 Å². The summed E-state index contributed by atoms with van der Waals surface area (Å²) in [5.41, 5.74) is 0.332. The zero-order chi connectivity index (χ0) is 20.5. The number of methoxy groups -OCH3 is 1. The van der Waals surface area contributed by atoms with Gasteiger partial charge in [-0.1, -0.05) is 32.4 Å². The second kappa shape index (κ2) is 8.39. The van der Waals surface area contributed by atoms with Gasteiger partial charge in [-0.05, 0) is 43.4 Å². The van der Waals surface area contributed by atoms with Crippen molar-refractivity contribution in [1.82, 2.24) is 4.57 Å². The van der Waals surface area contributed by atoms with Gasteiger partial charge in [-0.3, -0.25) is 4.79 Å². The minimum atomic E-state index is -0.365. The second-order valence-corrected chi connectivity index (χ2v) is 9.63. The number of carbonyl (C=O) groups is 1. The molecule has 2 atom stereocenters. The van der Waals surface area contributed by atoms with Crippen LogP contribution in [-0.4, -0.2) is 29.8 Å². The lowest BCUT2D eigenvalue weighted by molar-refractivity contribution is 0.0452. The van der Waals surface area contributed by atoms with Gasteiger partial charge in [-0.25, -0.2) is 0 Å². The number of halogens is 1. The second-order valence-electron chi connectivity index (χ2n) is 8.19. The van der Waals surface area contributed by atoms with Gasteiger partial charge in [0.25, 0.3) is 5.91 Å². The van der Waals surface area contributed by atoms with Gasteiger partial charge in [0, 0.05) is 16.1 Å². The molecule has 1 saturated heterocycles. The van der Waals surface area contributed by atoms with E-state index in [4.69, 9.17) is 21.1 Å². The molecule has 1 fully saturated rings. The third-order valence-electron chi connectivity index (χ3n) is 4.77. The average Bonchev–Trinajstić information content (AvgIpc) is 3.21. The molecular formula is C21H27ClN2O3S. The van der Waals surface area contributed by atoms with Crippen molar-refractivity contribution in [2.45, 2.75) is 64.7 Å². The molecule has 1 aromatic carbocycles. The highest BCUT2D eigenvalue weighted by atomic mass is 35.5. The standard InChI is InChI=1S/C21H27ClN2O3S/c1-13-6-8-15(27-13)11-24-12-18(21(2,3)4)28-20(24)23-19(25)16-10-14(22)7-9-17(16)26-5/h7,9-10,12-13,15H,6,8,11H2,1-5H3/b23-20-. The molecule has 152 valence electrons. The van der Waals surface area contributed by atoms with Crippen LogP contribution in [-0.2, 0) is 16.7 Å². The molecule has 0 spiro atoms. The Kier molecular flexibility index (Phi) is 6.32. The first-order valence-corrected chi connectivity index (χ1v) is 10.7. The average molecular weight is 423 g/mol. The quantitative estimate of drug-likeness (QED) is 0.709. The first-order chi connectivity index (χ1) is 13.2. The summed E-state index contributed by atoms with van der Waals surface area (Å²) in [7, 11) is 1.53. The topological polar surface area (TPSA) is 52.8 Å². The van der Waals surface area contributed by atoms with Gasteiger partial charge in [0.2, 0.25) is 0 Å². The van der Waals surface area contributed by atoms with E-state index in [0.29, 0.717) is 27.7 Å². The van der Waals surface area contributed by atoms with Crippen molar-refractivity contribution in [2.75, 3.05) is 7.11 Å². The Morgan fingerprint density at radius 1 is 1.39 bits per heavy atom. The van der Waals surface area contributed by atoms with Gasteiger partial charge in [0.15, 0.2) is 4.80 Å². The van der Waals surface area contributed by atoms with Crippen LogP contribution in [0.3, 0.4) is 0 Å². The van der Waals surface area contributed by atoms with E-state index < -0.39 is 0 Å². The van der Waals surface area contributed by atoms with Crippen molar-refractivity contribution in [3.05, 3.63) is 44.7 Å². The molecule has 0 saturated carbocycles. The van der Waals surface area contributed by atoms with Crippen molar-refractivity contribution in [3.63, 3.8) is 0 Å². The molecule has 7 heteroatoms. The number of carbonyl (C=O) groups excluding carboxylic acids is 1. The Hall–Kier alpha value is -1.63. The monoisotopic (exact) mass is 422 g/mol. The Morgan fingerprint density at radius 2 is 2.14 bits per heavy atom. The van der Waals surface area contributed by atoms with E-state index in [2.05, 4.69) is 38.9 Å². The first kappa shape index (κ1) is 21.1. The first-order valence-electron chi connectivity index (χ1n) is 9.46. The van der Waals surface area contributed by atoms with Gasteiger partial charge in [-0.2, -0.15) is 4.99 Å². The fourth-order valence-electron chi connectivity index (χ4n) is 3.18. The Bertz CT molecular complexity index is 926. The summed E-state index contributed by atoms with van der Waals surface area (Å²) in [6.07, 6.45) is 4.60. The van der Waals surface area contributed by atoms with Crippen LogP contribution in [0.1, 0.15) is 55.8 Å². The number of thiazole rings is 1. The lowest BCUT2D eigenvalue weighted by atomic mass is 9.95. The smallest absolute Gasteiger partial charge is 0.283 e. The molecule has 1 aliphatic heterocycles. The molecule has 3 rings (SSSR count). The van der Waals surface area contributed by atoms with Gasteiger partial charge in [0.05, 0.1) is 31.4 Å². The summed E-state index contributed by atoms with van der Waals surface area (Å²) in [5, 5.41) is 0.474. The number of hydrogen-bond donors (Lipinski definition) is 0. The van der Waals surface area contributed by atoms with Crippen molar-refractivity contribution < 1.29 is 14.3 Å². The minimum absolute atomic E-state index is 0.0270. The van der Waals surface area contributed by atoms with E-state index >= 15 is 0 Å². The SMILES string of the molecule is COc1ccc(Cl)cc1C(=O)/N=c1\sc(C(C)(C)C)cn1CC1CCC(C)O1. The summed E-state index contributed by atoms with van der Waals surface area (Å²) in [6, 6.07) is 4.97. The summed E-state index contributed by atoms with van der Waals surface area (Å²) < 4.78 is 13.3. The van der Waals surface area contributed by atoms with Crippen LogP contribution in [0, 0.1) is 0 Å². The third-order valence-corrected chi connectivity index (χ3v) is 6.45. The number of amides is 1. The van der Waals surface area contributed by atoms with Crippen LogP contribution in [0.4, 0.5) is 0 Å². The van der Waals surface area contributed by atoms with Crippen LogP contribution in [0.15, 0.2) is 29.4 Å². The molecule has 0 aliphatic carbocycles. The molecule has 2 heterocycles. The zero-order valence-corrected chi connectivity index (χ0v) is 18.6. The van der Waals surface area contributed by atoms with Crippen molar-refractivity contribution in [2.24, 2.45) is 4.99 Å². The zero-order valence-electron chi connectivity index (χ0n) is 17.0. The van der Waals surface area contributed by atoms with Gasteiger partial charge >= 0.3 is 0 Å². The molecule has 5 nitrogen and oxygen atoms in total. The molecule has 0 radical (unpaired) electrons. The van der Waals surface area contributed by atoms with Crippen LogP contribution < -0.4 is 9.54 Å². The highest BCUT2D eigenvalue weighted by Crippen LogP contribution is 2.27. The minimum Gasteiger partial charge on any atom is -0.496 e. The van der Waals surface area contributed by atoms with Gasteiger partial charge in [0.1, 0.15) is 5.75 Å². The Balaban J connectivity index is 2.00. The fourth-order valence-corrected chi connectivity index (χ4v) is 4.41. The number of rotatable bonds is 4. The molecule has 0 bridgehead atoms. The molecule has 0 N–H and O–H groups in total. The molecule has 2 aromatic rings. The summed E-state index contributed by atoms with van der Waals surface area (Å²) >= 11 is 7.61. The maximum Gasteiger partial charge on any atom is 0.283 e. The molecule has 1 aliphatic rings. The largest absolute Gasteiger partial charge is 0.496 e. The van der Waals surface area contributed by atoms with E-state index in [1.165, 1.54) is 23.3 Å². The predicted octanol–water partition coefficient (Wildman–Crippen LogP) is 4.82. The highest BCUT2D eigenvalue weighted by molar-refractivity contribution is 7.09. The molecular weight excluding hydrogens is 396 g/mol. The molecule has 1 aromatic heterocycles. The Morgan fingerprint density at radius 3 is 2.75 bits per heavy atom. The Labute approximate surface area is 175 Å². The lowest BCUT2D eigenvalue weighted by Crippen LogP contribution is -2.24. The third kappa shape index (κ3) is 4.85. The lowest BCUT2D eigenvalue weighted by Gasteiger charge is -2.15.